The summed E-state index contributed by atoms with van der Waals surface area (Å²) in [5.41, 5.74) is 2.43. The van der Waals surface area contributed by atoms with Gasteiger partial charge in [-0.1, -0.05) is 37.3 Å². The first kappa shape index (κ1) is 14.7. The van der Waals surface area contributed by atoms with Crippen molar-refractivity contribution < 1.29 is 9.72 Å². The predicted molar refractivity (Wildman–Crippen MR) is 80.1 cm³/mol. The second kappa shape index (κ2) is 6.65. The molecule has 0 saturated heterocycles. The summed E-state index contributed by atoms with van der Waals surface area (Å²) in [6.45, 7) is 2.48. The van der Waals surface area contributed by atoms with Crippen LogP contribution in [0, 0.1) is 10.1 Å². The van der Waals surface area contributed by atoms with Crippen LogP contribution in [-0.2, 0) is 13.0 Å². The molecule has 2 aromatic carbocycles. The van der Waals surface area contributed by atoms with Crippen LogP contribution >= 0.6 is 0 Å². The molecule has 0 unspecified atom stereocenters. The highest BCUT2D eigenvalue weighted by Gasteiger charge is 2.11. The van der Waals surface area contributed by atoms with Gasteiger partial charge in [0, 0.05) is 24.2 Å². The highest BCUT2D eigenvalue weighted by Crippen LogP contribution is 2.13. The number of non-ortho nitro benzene ring substituents is 1. The average molecular weight is 284 g/mol. The fourth-order valence-corrected chi connectivity index (χ4v) is 1.94. The second-order valence-corrected chi connectivity index (χ2v) is 4.66. The number of carbonyl (C=O) groups is 1. The highest BCUT2D eigenvalue weighted by molar-refractivity contribution is 5.94. The largest absolute Gasteiger partial charge is 0.348 e. The van der Waals surface area contributed by atoms with Crippen LogP contribution in [0.3, 0.4) is 0 Å². The van der Waals surface area contributed by atoms with E-state index in [4.69, 9.17) is 0 Å². The van der Waals surface area contributed by atoms with Gasteiger partial charge in [0.2, 0.25) is 0 Å². The zero-order valence-corrected chi connectivity index (χ0v) is 11.7. The Bertz CT molecular complexity index is 651. The van der Waals surface area contributed by atoms with E-state index in [2.05, 4.69) is 12.2 Å². The quantitative estimate of drug-likeness (QED) is 0.677. The molecule has 1 N–H and O–H groups in total. The first-order valence-corrected chi connectivity index (χ1v) is 6.70. The van der Waals surface area contributed by atoms with Gasteiger partial charge in [-0.3, -0.25) is 14.9 Å². The number of hydrogen-bond acceptors (Lipinski definition) is 3. The minimum atomic E-state index is -0.514. The third kappa shape index (κ3) is 3.89. The molecular formula is C16H16N2O3. The molecule has 21 heavy (non-hydrogen) atoms. The predicted octanol–water partition coefficient (Wildman–Crippen LogP) is 3.09. The van der Waals surface area contributed by atoms with E-state index in [1.807, 2.05) is 24.3 Å². The lowest BCUT2D eigenvalue weighted by Crippen LogP contribution is -2.22. The topological polar surface area (TPSA) is 72.2 Å². The Labute approximate surface area is 122 Å². The SMILES string of the molecule is CCc1ccc(CNC(=O)c2cccc([N+](=O)[O-])c2)cc1. The number of benzene rings is 2. The Kier molecular flexibility index (Phi) is 4.66. The summed E-state index contributed by atoms with van der Waals surface area (Å²) in [5.74, 6) is -0.321. The molecule has 0 fully saturated rings. The van der Waals surface area contributed by atoms with Crippen molar-refractivity contribution in [1.29, 1.82) is 0 Å². The molecule has 0 atom stereocenters. The fourth-order valence-electron chi connectivity index (χ4n) is 1.94. The second-order valence-electron chi connectivity index (χ2n) is 4.66. The number of nitrogens with one attached hydrogen (secondary N) is 1. The van der Waals surface area contributed by atoms with Crippen LogP contribution < -0.4 is 5.32 Å². The number of carbonyl (C=O) groups excluding carboxylic acids is 1. The van der Waals surface area contributed by atoms with Gasteiger partial charge < -0.3 is 5.32 Å². The molecule has 2 aromatic rings. The number of nitrogens with zero attached hydrogens (tertiary/aromatic N) is 1. The summed E-state index contributed by atoms with van der Waals surface area (Å²) in [7, 11) is 0. The molecule has 1 amide bonds. The number of rotatable bonds is 5. The van der Waals surface area contributed by atoms with Crippen molar-refractivity contribution >= 4 is 11.6 Å². The monoisotopic (exact) mass is 284 g/mol. The van der Waals surface area contributed by atoms with Crippen molar-refractivity contribution in [2.45, 2.75) is 19.9 Å². The van der Waals surface area contributed by atoms with E-state index in [0.29, 0.717) is 6.54 Å². The Balaban J connectivity index is 2.00. The Morgan fingerprint density at radius 3 is 2.43 bits per heavy atom. The van der Waals surface area contributed by atoms with E-state index >= 15 is 0 Å². The zero-order valence-electron chi connectivity index (χ0n) is 11.7. The molecule has 0 aliphatic rings. The van der Waals surface area contributed by atoms with Crippen LogP contribution in [0.5, 0.6) is 0 Å². The molecule has 0 aliphatic heterocycles. The van der Waals surface area contributed by atoms with Crippen molar-refractivity contribution in [3.63, 3.8) is 0 Å². The van der Waals surface area contributed by atoms with Crippen LogP contribution in [0.1, 0.15) is 28.4 Å². The Morgan fingerprint density at radius 1 is 1.14 bits per heavy atom. The van der Waals surface area contributed by atoms with Crippen LogP contribution in [0.25, 0.3) is 0 Å². The van der Waals surface area contributed by atoms with Gasteiger partial charge >= 0.3 is 0 Å². The zero-order chi connectivity index (χ0) is 15.2. The first-order chi connectivity index (χ1) is 10.1. The molecule has 0 aliphatic carbocycles. The van der Waals surface area contributed by atoms with Gasteiger partial charge in [0.15, 0.2) is 0 Å². The maximum absolute atomic E-state index is 12.0. The normalized spacial score (nSPS) is 10.1. The molecule has 0 aromatic heterocycles. The Hall–Kier alpha value is -2.69. The number of amides is 1. The van der Waals surface area contributed by atoms with Gasteiger partial charge in [-0.2, -0.15) is 0 Å². The van der Waals surface area contributed by atoms with E-state index in [0.717, 1.165) is 12.0 Å². The number of hydrogen-bond donors (Lipinski definition) is 1. The van der Waals surface area contributed by atoms with Gasteiger partial charge in [0.05, 0.1) is 4.92 Å². The summed E-state index contributed by atoms with van der Waals surface area (Å²) in [4.78, 5) is 22.2. The molecule has 0 heterocycles. The van der Waals surface area contributed by atoms with Gasteiger partial charge in [-0.05, 0) is 23.6 Å². The third-order valence-corrected chi connectivity index (χ3v) is 3.20. The van der Waals surface area contributed by atoms with Crippen LogP contribution in [-0.4, -0.2) is 10.8 Å². The van der Waals surface area contributed by atoms with Crippen molar-refractivity contribution in [2.75, 3.05) is 0 Å². The van der Waals surface area contributed by atoms with Crippen LogP contribution in [0.2, 0.25) is 0 Å². The highest BCUT2D eigenvalue weighted by atomic mass is 16.6. The molecular weight excluding hydrogens is 268 g/mol. The van der Waals surface area contributed by atoms with Gasteiger partial charge in [0.25, 0.3) is 11.6 Å². The summed E-state index contributed by atoms with van der Waals surface area (Å²) < 4.78 is 0. The summed E-state index contributed by atoms with van der Waals surface area (Å²) in [5, 5.41) is 13.4. The summed E-state index contributed by atoms with van der Waals surface area (Å²) in [6.07, 6.45) is 0.973. The molecule has 0 bridgehead atoms. The molecule has 0 spiro atoms. The lowest BCUT2D eigenvalue weighted by molar-refractivity contribution is -0.384. The minimum Gasteiger partial charge on any atom is -0.348 e. The third-order valence-electron chi connectivity index (χ3n) is 3.20. The Morgan fingerprint density at radius 2 is 1.81 bits per heavy atom. The van der Waals surface area contributed by atoms with Crippen LogP contribution in [0.4, 0.5) is 5.69 Å². The first-order valence-electron chi connectivity index (χ1n) is 6.70. The van der Waals surface area contributed by atoms with E-state index in [1.54, 1.807) is 6.07 Å². The minimum absolute atomic E-state index is 0.0880. The van der Waals surface area contributed by atoms with Crippen molar-refractivity contribution in [1.82, 2.24) is 5.32 Å². The maximum Gasteiger partial charge on any atom is 0.270 e. The van der Waals surface area contributed by atoms with E-state index in [-0.39, 0.29) is 17.2 Å². The molecule has 0 saturated carbocycles. The summed E-state index contributed by atoms with van der Waals surface area (Å²) >= 11 is 0. The number of nitro groups is 1. The van der Waals surface area contributed by atoms with Gasteiger partial charge in [-0.15, -0.1) is 0 Å². The molecule has 5 heteroatoms. The molecule has 5 nitrogen and oxygen atoms in total. The van der Waals surface area contributed by atoms with Crippen molar-refractivity contribution in [3.05, 3.63) is 75.3 Å². The molecule has 2 rings (SSSR count). The summed E-state index contributed by atoms with van der Waals surface area (Å²) in [6, 6.07) is 13.7. The van der Waals surface area contributed by atoms with Crippen molar-refractivity contribution in [3.8, 4) is 0 Å². The maximum atomic E-state index is 12.0. The van der Waals surface area contributed by atoms with Crippen molar-refractivity contribution in [2.24, 2.45) is 0 Å². The molecule has 108 valence electrons. The fraction of sp³-hybridized carbons (Fsp3) is 0.188. The van der Waals surface area contributed by atoms with Gasteiger partial charge in [0.1, 0.15) is 0 Å². The lowest BCUT2D eigenvalue weighted by atomic mass is 10.1. The van der Waals surface area contributed by atoms with Crippen LogP contribution in [0.15, 0.2) is 48.5 Å². The number of aryl methyl sites for hydroxylation is 1. The lowest BCUT2D eigenvalue weighted by Gasteiger charge is -2.06. The molecule has 0 radical (unpaired) electrons. The standard InChI is InChI=1S/C16H16N2O3/c1-2-12-6-8-13(9-7-12)11-17-16(19)14-4-3-5-15(10-14)18(20)21/h3-10H,2,11H2,1H3,(H,17,19). The smallest absolute Gasteiger partial charge is 0.270 e. The van der Waals surface area contributed by atoms with Gasteiger partial charge in [-0.25, -0.2) is 0 Å². The number of nitro benzene ring substituents is 1. The van der Waals surface area contributed by atoms with E-state index < -0.39 is 4.92 Å². The van der Waals surface area contributed by atoms with E-state index in [1.165, 1.54) is 23.8 Å². The average Bonchev–Trinajstić information content (AvgIpc) is 2.53. The van der Waals surface area contributed by atoms with E-state index in [9.17, 15) is 14.9 Å².